The number of fused-ring (bicyclic) bond motifs is 1. The van der Waals surface area contributed by atoms with Gasteiger partial charge in [0.2, 0.25) is 0 Å². The highest BCUT2D eigenvalue weighted by molar-refractivity contribution is 5.56. The number of hydrogen-bond acceptors (Lipinski definition) is 3. The summed E-state index contributed by atoms with van der Waals surface area (Å²) in [7, 11) is 0. The molecule has 3 heteroatoms. The van der Waals surface area contributed by atoms with Crippen molar-refractivity contribution < 1.29 is 5.11 Å². The summed E-state index contributed by atoms with van der Waals surface area (Å²) in [5, 5.41) is 9.87. The number of phenols is 1. The lowest BCUT2D eigenvalue weighted by atomic mass is 9.79. The van der Waals surface area contributed by atoms with Crippen LogP contribution < -0.4 is 4.90 Å². The highest BCUT2D eigenvalue weighted by Crippen LogP contribution is 2.38. The van der Waals surface area contributed by atoms with Gasteiger partial charge in [-0.25, -0.2) is 0 Å². The molecule has 1 unspecified atom stereocenters. The van der Waals surface area contributed by atoms with Gasteiger partial charge < -0.3 is 14.9 Å². The van der Waals surface area contributed by atoms with E-state index in [-0.39, 0.29) is 0 Å². The van der Waals surface area contributed by atoms with Crippen molar-refractivity contribution in [3.05, 3.63) is 94.5 Å². The van der Waals surface area contributed by atoms with E-state index in [0.717, 1.165) is 38.8 Å². The Kier molecular flexibility index (Phi) is 8.28. The minimum absolute atomic E-state index is 0.387. The van der Waals surface area contributed by atoms with Crippen LogP contribution in [0.3, 0.4) is 0 Å². The second-order valence-corrected chi connectivity index (χ2v) is 10.8. The molecular weight excluding hydrogens is 440 g/mol. The van der Waals surface area contributed by atoms with Crippen LogP contribution in [0.4, 0.5) is 5.69 Å². The summed E-state index contributed by atoms with van der Waals surface area (Å²) >= 11 is 0. The van der Waals surface area contributed by atoms with E-state index < -0.39 is 0 Å². The van der Waals surface area contributed by atoms with Gasteiger partial charge in [-0.3, -0.25) is 0 Å². The summed E-state index contributed by atoms with van der Waals surface area (Å²) < 4.78 is 0. The number of hydrogen-bond donors (Lipinski definition) is 1. The maximum absolute atomic E-state index is 9.87. The molecule has 0 spiro atoms. The van der Waals surface area contributed by atoms with Gasteiger partial charge in [0.15, 0.2) is 0 Å². The Bertz CT molecular complexity index is 1110. The van der Waals surface area contributed by atoms with Gasteiger partial charge in [0, 0.05) is 25.3 Å². The summed E-state index contributed by atoms with van der Waals surface area (Å²) in [5.41, 5.74) is 8.38. The maximum Gasteiger partial charge on any atom is 0.115 e. The molecule has 1 heterocycles. The average Bonchev–Trinajstić information content (AvgIpc) is 3.20. The number of para-hydroxylation sites is 1. The molecule has 3 aromatic carbocycles. The zero-order valence-corrected chi connectivity index (χ0v) is 22.0. The zero-order chi connectivity index (χ0) is 24.7. The molecule has 1 aliphatic carbocycles. The van der Waals surface area contributed by atoms with Gasteiger partial charge in [-0.1, -0.05) is 61.4 Å². The predicted octanol–water partition coefficient (Wildman–Crippen LogP) is 7.11. The van der Waals surface area contributed by atoms with Crippen LogP contribution in [0.25, 0.3) is 0 Å². The summed E-state index contributed by atoms with van der Waals surface area (Å²) in [5.74, 6) is 0.909. The second-order valence-electron chi connectivity index (χ2n) is 10.8. The highest BCUT2D eigenvalue weighted by atomic mass is 16.3. The number of nitrogens with zero attached hydrogens (tertiary/aromatic N) is 2. The quantitative estimate of drug-likeness (QED) is 0.371. The van der Waals surface area contributed by atoms with Crippen molar-refractivity contribution in [2.75, 3.05) is 31.1 Å². The maximum atomic E-state index is 9.87. The molecule has 36 heavy (non-hydrogen) atoms. The fraction of sp³-hybridized carbons (Fsp3) is 0.455. The Morgan fingerprint density at radius 2 is 1.61 bits per heavy atom. The molecule has 5 rings (SSSR count). The Hall–Kier alpha value is -2.78. The molecule has 2 aliphatic rings. The van der Waals surface area contributed by atoms with Crippen molar-refractivity contribution in [3.63, 3.8) is 0 Å². The van der Waals surface area contributed by atoms with Crippen molar-refractivity contribution in [2.45, 2.75) is 70.8 Å². The van der Waals surface area contributed by atoms with Crippen LogP contribution in [-0.4, -0.2) is 36.2 Å². The number of phenolic OH excluding ortho intramolecular Hbond substituents is 1. The first kappa shape index (κ1) is 24.9. The molecule has 0 aromatic heterocycles. The molecule has 0 amide bonds. The van der Waals surface area contributed by atoms with Crippen LogP contribution in [0.15, 0.2) is 66.7 Å². The predicted molar refractivity (Wildman–Crippen MR) is 151 cm³/mol. The molecule has 0 bridgehead atoms. The van der Waals surface area contributed by atoms with Crippen LogP contribution >= 0.6 is 0 Å². The fourth-order valence-electron chi connectivity index (χ4n) is 6.17. The van der Waals surface area contributed by atoms with Gasteiger partial charge in [-0.05, 0) is 110 Å². The van der Waals surface area contributed by atoms with E-state index in [4.69, 9.17) is 0 Å². The van der Waals surface area contributed by atoms with Crippen LogP contribution in [0.5, 0.6) is 5.75 Å². The molecule has 1 N–H and O–H groups in total. The first-order valence-electron chi connectivity index (χ1n) is 14.1. The van der Waals surface area contributed by atoms with Crippen molar-refractivity contribution in [1.29, 1.82) is 0 Å². The average molecular weight is 483 g/mol. The number of likely N-dealkylation sites (tertiary alicyclic amines) is 1. The molecule has 1 saturated heterocycles. The molecule has 1 fully saturated rings. The van der Waals surface area contributed by atoms with Crippen LogP contribution in [-0.2, 0) is 25.8 Å². The Morgan fingerprint density at radius 1 is 0.861 bits per heavy atom. The summed E-state index contributed by atoms with van der Waals surface area (Å²) in [6.07, 6.45) is 9.91. The van der Waals surface area contributed by atoms with Crippen LogP contribution in [0.2, 0.25) is 0 Å². The van der Waals surface area contributed by atoms with E-state index >= 15 is 0 Å². The lowest BCUT2D eigenvalue weighted by Gasteiger charge is -2.31. The van der Waals surface area contributed by atoms with Gasteiger partial charge in [-0.2, -0.15) is 0 Å². The number of aryl methyl sites for hydroxylation is 1. The van der Waals surface area contributed by atoms with Gasteiger partial charge in [0.1, 0.15) is 5.75 Å². The van der Waals surface area contributed by atoms with Crippen LogP contribution in [0.1, 0.15) is 72.8 Å². The molecule has 0 saturated carbocycles. The van der Waals surface area contributed by atoms with Gasteiger partial charge in [0.05, 0.1) is 0 Å². The molecule has 3 aromatic rings. The minimum Gasteiger partial charge on any atom is -0.508 e. The topological polar surface area (TPSA) is 26.7 Å². The summed E-state index contributed by atoms with van der Waals surface area (Å²) in [6, 6.07) is 24.3. The third-order valence-electron chi connectivity index (χ3n) is 8.33. The number of anilines is 1. The molecule has 0 radical (unpaired) electrons. The highest BCUT2D eigenvalue weighted by Gasteiger charge is 2.24. The second kappa shape index (κ2) is 12.0. The Balaban J connectivity index is 1.25. The third-order valence-corrected chi connectivity index (χ3v) is 8.33. The normalized spacial score (nSPS) is 18.4. The molecule has 1 atom stereocenters. The lowest BCUT2D eigenvalue weighted by molar-refractivity contribution is 0.289. The van der Waals surface area contributed by atoms with Gasteiger partial charge in [0.25, 0.3) is 0 Å². The van der Waals surface area contributed by atoms with E-state index in [1.807, 2.05) is 12.1 Å². The van der Waals surface area contributed by atoms with Crippen molar-refractivity contribution >= 4 is 5.69 Å². The number of aromatic hydroxyl groups is 1. The van der Waals surface area contributed by atoms with Gasteiger partial charge >= 0.3 is 0 Å². The van der Waals surface area contributed by atoms with Gasteiger partial charge in [-0.15, -0.1) is 0 Å². The fourth-order valence-corrected chi connectivity index (χ4v) is 6.17. The Labute approximate surface area is 217 Å². The number of rotatable bonds is 8. The zero-order valence-electron chi connectivity index (χ0n) is 22.0. The largest absolute Gasteiger partial charge is 0.508 e. The van der Waals surface area contributed by atoms with E-state index in [2.05, 4.69) is 71.3 Å². The Morgan fingerprint density at radius 3 is 2.39 bits per heavy atom. The van der Waals surface area contributed by atoms with E-state index in [9.17, 15) is 5.11 Å². The first-order chi connectivity index (χ1) is 17.7. The lowest BCUT2D eigenvalue weighted by Crippen LogP contribution is -2.27. The molecule has 1 aliphatic heterocycles. The van der Waals surface area contributed by atoms with E-state index in [0.29, 0.717) is 11.7 Å². The summed E-state index contributed by atoms with van der Waals surface area (Å²) in [4.78, 5) is 5.19. The van der Waals surface area contributed by atoms with Crippen molar-refractivity contribution in [1.82, 2.24) is 4.90 Å². The summed E-state index contributed by atoms with van der Waals surface area (Å²) in [6.45, 7) is 7.95. The van der Waals surface area contributed by atoms with Crippen molar-refractivity contribution in [2.24, 2.45) is 0 Å². The molecular formula is C33H42N2O. The monoisotopic (exact) mass is 482 g/mol. The minimum atomic E-state index is 0.387. The first-order valence-corrected chi connectivity index (χ1v) is 14.1. The molecule has 3 nitrogen and oxygen atoms in total. The van der Waals surface area contributed by atoms with Crippen molar-refractivity contribution in [3.8, 4) is 5.75 Å². The smallest absolute Gasteiger partial charge is 0.115 e. The third kappa shape index (κ3) is 6.13. The SMILES string of the molecule is CCN(Cc1ccc(CCN2CCCCCC2)cc1)c1ccccc1C1CCc2cc(O)ccc2C1. The molecule has 190 valence electrons. The number of benzene rings is 3. The van der Waals surface area contributed by atoms with Crippen LogP contribution in [0, 0.1) is 0 Å². The standard InChI is InChI=1S/C33H42N2O/c1-2-35(25-27-13-11-26(12-14-27)19-22-34-20-7-3-4-8-21-34)33-10-6-5-9-32(33)30-16-15-29-24-31(36)18-17-28(29)23-30/h5-6,9-14,17-18,24,30,36H,2-4,7-8,15-16,19-23,25H2,1H3. The van der Waals surface area contributed by atoms with E-state index in [1.165, 1.54) is 78.8 Å². The van der Waals surface area contributed by atoms with E-state index in [1.54, 1.807) is 0 Å².